The van der Waals surface area contributed by atoms with Crippen molar-refractivity contribution in [3.8, 4) is 0 Å². The Bertz CT molecular complexity index is 669. The highest BCUT2D eigenvalue weighted by Crippen LogP contribution is 2.29. The largest absolute Gasteiger partial charge is 0.395 e. The van der Waals surface area contributed by atoms with Crippen LogP contribution in [0.15, 0.2) is 36.4 Å². The van der Waals surface area contributed by atoms with Gasteiger partial charge in [0.05, 0.1) is 21.3 Å². The van der Waals surface area contributed by atoms with Crippen LogP contribution in [-0.2, 0) is 6.54 Å². The predicted molar refractivity (Wildman–Crippen MR) is 84.0 cm³/mol. The van der Waals surface area contributed by atoms with E-state index in [4.69, 9.17) is 5.11 Å². The van der Waals surface area contributed by atoms with Crippen LogP contribution in [0.25, 0.3) is 0 Å². The Kier molecular flexibility index (Phi) is 5.24. The second-order valence-electron chi connectivity index (χ2n) is 4.75. The first kappa shape index (κ1) is 16.1. The van der Waals surface area contributed by atoms with Gasteiger partial charge in [-0.1, -0.05) is 30.3 Å². The van der Waals surface area contributed by atoms with Gasteiger partial charge in [-0.25, -0.2) is 0 Å². The summed E-state index contributed by atoms with van der Waals surface area (Å²) in [6.07, 6.45) is 0. The number of nitro groups is 1. The molecule has 0 atom stereocenters. The van der Waals surface area contributed by atoms with E-state index in [1.54, 1.807) is 6.92 Å². The van der Waals surface area contributed by atoms with Crippen LogP contribution >= 0.6 is 11.3 Å². The number of aliphatic hydroxyl groups excluding tert-OH is 1. The molecular weight excluding hydrogens is 304 g/mol. The van der Waals surface area contributed by atoms with Crippen LogP contribution in [0, 0.1) is 17.0 Å². The van der Waals surface area contributed by atoms with Crippen LogP contribution in [-0.4, -0.2) is 34.0 Å². The van der Waals surface area contributed by atoms with E-state index >= 15 is 0 Å². The normalized spacial score (nSPS) is 10.5. The maximum Gasteiger partial charge on any atom is 0.283 e. The van der Waals surface area contributed by atoms with Gasteiger partial charge in [0.2, 0.25) is 0 Å². The number of rotatable bonds is 6. The number of aliphatic hydroxyl groups is 1. The summed E-state index contributed by atoms with van der Waals surface area (Å²) in [6.45, 7) is 1.99. The molecule has 0 saturated carbocycles. The van der Waals surface area contributed by atoms with Crippen molar-refractivity contribution in [3.63, 3.8) is 0 Å². The molecule has 2 rings (SSSR count). The Hall–Kier alpha value is -2.25. The topological polar surface area (TPSA) is 83.7 Å². The fourth-order valence-corrected chi connectivity index (χ4v) is 3.05. The molecule has 22 heavy (non-hydrogen) atoms. The van der Waals surface area contributed by atoms with Crippen molar-refractivity contribution in [3.05, 3.63) is 61.8 Å². The molecule has 0 radical (unpaired) electrons. The molecule has 0 saturated heterocycles. The summed E-state index contributed by atoms with van der Waals surface area (Å²) < 4.78 is 0. The number of nitrogens with zero attached hydrogens (tertiary/aromatic N) is 2. The van der Waals surface area contributed by atoms with E-state index in [0.29, 0.717) is 16.3 Å². The molecule has 7 heteroatoms. The van der Waals surface area contributed by atoms with Crippen LogP contribution in [0.5, 0.6) is 0 Å². The first-order chi connectivity index (χ1) is 10.5. The zero-order valence-electron chi connectivity index (χ0n) is 12.1. The van der Waals surface area contributed by atoms with E-state index in [1.165, 1.54) is 11.0 Å². The number of aryl methyl sites for hydroxylation is 1. The van der Waals surface area contributed by atoms with Crippen molar-refractivity contribution in [2.45, 2.75) is 13.5 Å². The van der Waals surface area contributed by atoms with Crippen LogP contribution in [0.3, 0.4) is 0 Å². The first-order valence-electron chi connectivity index (χ1n) is 6.72. The number of hydrogen-bond donors (Lipinski definition) is 1. The quantitative estimate of drug-likeness (QED) is 0.655. The van der Waals surface area contributed by atoms with Gasteiger partial charge in [-0.3, -0.25) is 14.9 Å². The highest BCUT2D eigenvalue weighted by atomic mass is 32.1. The molecule has 0 fully saturated rings. The highest BCUT2D eigenvalue weighted by Gasteiger charge is 2.23. The predicted octanol–water partition coefficient (Wildman–Crippen LogP) is 2.60. The lowest BCUT2D eigenvalue weighted by molar-refractivity contribution is -0.385. The monoisotopic (exact) mass is 320 g/mol. The molecule has 1 aromatic carbocycles. The number of carbonyl (C=O) groups is 1. The van der Waals surface area contributed by atoms with E-state index in [-0.39, 0.29) is 24.7 Å². The number of benzene rings is 1. The highest BCUT2D eigenvalue weighted by molar-refractivity contribution is 7.14. The molecule has 1 aromatic heterocycles. The summed E-state index contributed by atoms with van der Waals surface area (Å²) in [5, 5.41) is 20.1. The second kappa shape index (κ2) is 7.15. The van der Waals surface area contributed by atoms with E-state index in [0.717, 1.165) is 16.9 Å². The average molecular weight is 320 g/mol. The maximum atomic E-state index is 12.5. The second-order valence-corrected chi connectivity index (χ2v) is 6.00. The minimum atomic E-state index is -0.490. The van der Waals surface area contributed by atoms with Crippen molar-refractivity contribution in [2.24, 2.45) is 0 Å². The molecule has 0 aliphatic carbocycles. The average Bonchev–Trinajstić information content (AvgIpc) is 2.89. The van der Waals surface area contributed by atoms with E-state index in [2.05, 4.69) is 0 Å². The fraction of sp³-hybridized carbons (Fsp3) is 0.267. The molecule has 116 valence electrons. The van der Waals surface area contributed by atoms with Gasteiger partial charge >= 0.3 is 0 Å². The summed E-state index contributed by atoms with van der Waals surface area (Å²) in [4.78, 5) is 25.2. The Balaban J connectivity index is 2.22. The summed E-state index contributed by atoms with van der Waals surface area (Å²) in [7, 11) is 0. The zero-order valence-corrected chi connectivity index (χ0v) is 12.9. The summed E-state index contributed by atoms with van der Waals surface area (Å²) in [6, 6.07) is 10.7. The molecule has 0 aliphatic heterocycles. The van der Waals surface area contributed by atoms with Gasteiger partial charge < -0.3 is 10.0 Å². The molecule has 1 amide bonds. The number of thiophene rings is 1. The molecule has 6 nitrogen and oxygen atoms in total. The van der Waals surface area contributed by atoms with Gasteiger partial charge in [0, 0.05) is 19.2 Å². The van der Waals surface area contributed by atoms with E-state index in [9.17, 15) is 14.9 Å². The lowest BCUT2D eigenvalue weighted by atomic mass is 10.2. The minimum Gasteiger partial charge on any atom is -0.395 e. The van der Waals surface area contributed by atoms with Crippen molar-refractivity contribution in [1.29, 1.82) is 0 Å². The van der Waals surface area contributed by atoms with Crippen molar-refractivity contribution in [1.82, 2.24) is 4.90 Å². The molecule has 0 spiro atoms. The molecule has 0 unspecified atom stereocenters. The SMILES string of the molecule is Cc1sc(C(=O)N(CCO)Cc2ccccc2)cc1[N+](=O)[O-]. The van der Waals surface area contributed by atoms with Crippen LogP contribution in [0.2, 0.25) is 0 Å². The molecule has 0 bridgehead atoms. The van der Waals surface area contributed by atoms with Crippen molar-refractivity contribution < 1.29 is 14.8 Å². The first-order valence-corrected chi connectivity index (χ1v) is 7.53. The minimum absolute atomic E-state index is 0.0444. The molecular formula is C15H16N2O4S. The number of amides is 1. The third kappa shape index (κ3) is 3.69. The maximum absolute atomic E-state index is 12.5. The van der Waals surface area contributed by atoms with Gasteiger partial charge in [-0.05, 0) is 12.5 Å². The third-order valence-electron chi connectivity index (χ3n) is 3.17. The van der Waals surface area contributed by atoms with Crippen molar-refractivity contribution >= 4 is 22.9 Å². The smallest absolute Gasteiger partial charge is 0.283 e. The lowest BCUT2D eigenvalue weighted by Gasteiger charge is -2.21. The van der Waals surface area contributed by atoms with E-state index in [1.807, 2.05) is 30.3 Å². The van der Waals surface area contributed by atoms with Crippen LogP contribution < -0.4 is 0 Å². The van der Waals surface area contributed by atoms with Gasteiger partial charge in [0.1, 0.15) is 0 Å². The van der Waals surface area contributed by atoms with Gasteiger partial charge in [-0.15, -0.1) is 11.3 Å². The Labute approximate surface area is 131 Å². The van der Waals surface area contributed by atoms with Crippen LogP contribution in [0.1, 0.15) is 20.1 Å². The fourth-order valence-electron chi connectivity index (χ4n) is 2.09. The Morgan fingerprint density at radius 1 is 1.36 bits per heavy atom. The van der Waals surface area contributed by atoms with Gasteiger partial charge in [0.15, 0.2) is 0 Å². The molecule has 0 aliphatic rings. The van der Waals surface area contributed by atoms with Crippen LogP contribution in [0.4, 0.5) is 5.69 Å². The third-order valence-corrected chi connectivity index (χ3v) is 4.20. The standard InChI is InChI=1S/C15H16N2O4S/c1-11-13(17(20)21)9-14(22-11)15(19)16(7-8-18)10-12-5-3-2-4-6-12/h2-6,9,18H,7-8,10H2,1H3. The molecule has 1 N–H and O–H groups in total. The molecule has 2 aromatic rings. The summed E-state index contributed by atoms with van der Waals surface area (Å²) in [5.41, 5.74) is 0.893. The Morgan fingerprint density at radius 2 is 2.05 bits per heavy atom. The lowest BCUT2D eigenvalue weighted by Crippen LogP contribution is -2.32. The zero-order chi connectivity index (χ0) is 16.1. The van der Waals surface area contributed by atoms with Gasteiger partial charge in [0.25, 0.3) is 11.6 Å². The van der Waals surface area contributed by atoms with E-state index < -0.39 is 4.92 Å². The number of carbonyl (C=O) groups excluding carboxylic acids is 1. The number of hydrogen-bond acceptors (Lipinski definition) is 5. The summed E-state index contributed by atoms with van der Waals surface area (Å²) >= 11 is 1.10. The molecule has 1 heterocycles. The Morgan fingerprint density at radius 3 is 2.59 bits per heavy atom. The summed E-state index contributed by atoms with van der Waals surface area (Å²) in [5.74, 6) is -0.306. The van der Waals surface area contributed by atoms with Crippen molar-refractivity contribution in [2.75, 3.05) is 13.2 Å². The van der Waals surface area contributed by atoms with Gasteiger partial charge in [-0.2, -0.15) is 0 Å².